The summed E-state index contributed by atoms with van der Waals surface area (Å²) in [5.74, 6) is 1.54. The van der Waals surface area contributed by atoms with Gasteiger partial charge in [0.15, 0.2) is 0 Å². The van der Waals surface area contributed by atoms with Crippen LogP contribution in [0.15, 0.2) is 24.3 Å². The first kappa shape index (κ1) is 14.6. The van der Waals surface area contributed by atoms with Crippen LogP contribution in [0.1, 0.15) is 64.0 Å². The van der Waals surface area contributed by atoms with E-state index >= 15 is 0 Å². The van der Waals surface area contributed by atoms with E-state index in [2.05, 4.69) is 57.3 Å². The van der Waals surface area contributed by atoms with Gasteiger partial charge in [-0.15, -0.1) is 0 Å². The zero-order chi connectivity index (χ0) is 13.9. The standard InChI is InChI=1S/C18H29N/c1-14(13-19-18(2,3)4)12-15-8-10-17(11-9-15)16-6-5-7-16/h8-11,14,16,19H,5-7,12-13H2,1-4H3. The average molecular weight is 259 g/mol. The number of benzene rings is 1. The lowest BCUT2D eigenvalue weighted by molar-refractivity contribution is 0.381. The van der Waals surface area contributed by atoms with Crippen LogP contribution < -0.4 is 5.32 Å². The highest BCUT2D eigenvalue weighted by Crippen LogP contribution is 2.36. The molecular formula is C18H29N. The fraction of sp³-hybridized carbons (Fsp3) is 0.667. The predicted octanol–water partition coefficient (Wildman–Crippen LogP) is 4.52. The summed E-state index contributed by atoms with van der Waals surface area (Å²) in [6.07, 6.45) is 5.38. The van der Waals surface area contributed by atoms with Crippen molar-refractivity contribution in [2.24, 2.45) is 5.92 Å². The van der Waals surface area contributed by atoms with Crippen molar-refractivity contribution in [3.63, 3.8) is 0 Å². The zero-order valence-corrected chi connectivity index (χ0v) is 13.0. The van der Waals surface area contributed by atoms with E-state index in [1.54, 1.807) is 5.56 Å². The van der Waals surface area contributed by atoms with Crippen molar-refractivity contribution in [3.8, 4) is 0 Å². The molecule has 0 aromatic heterocycles. The second-order valence-corrected chi connectivity index (χ2v) is 7.31. The second-order valence-electron chi connectivity index (χ2n) is 7.31. The minimum Gasteiger partial charge on any atom is -0.312 e. The molecule has 1 saturated carbocycles. The van der Waals surface area contributed by atoms with Crippen LogP contribution in [-0.4, -0.2) is 12.1 Å². The highest BCUT2D eigenvalue weighted by molar-refractivity contribution is 5.26. The van der Waals surface area contributed by atoms with Crippen molar-refractivity contribution in [3.05, 3.63) is 35.4 Å². The molecule has 1 unspecified atom stereocenters. The van der Waals surface area contributed by atoms with Crippen LogP contribution in [0.4, 0.5) is 0 Å². The van der Waals surface area contributed by atoms with Gasteiger partial charge in [-0.1, -0.05) is 37.6 Å². The van der Waals surface area contributed by atoms with E-state index in [0.29, 0.717) is 5.92 Å². The number of nitrogens with one attached hydrogen (secondary N) is 1. The van der Waals surface area contributed by atoms with Crippen molar-refractivity contribution in [1.29, 1.82) is 0 Å². The number of hydrogen-bond donors (Lipinski definition) is 1. The summed E-state index contributed by atoms with van der Waals surface area (Å²) in [6.45, 7) is 10.1. The molecule has 1 aliphatic rings. The minimum atomic E-state index is 0.225. The van der Waals surface area contributed by atoms with Crippen molar-refractivity contribution in [1.82, 2.24) is 5.32 Å². The summed E-state index contributed by atoms with van der Waals surface area (Å²) in [7, 11) is 0. The van der Waals surface area contributed by atoms with Gasteiger partial charge in [-0.25, -0.2) is 0 Å². The first-order valence-corrected chi connectivity index (χ1v) is 7.78. The molecule has 0 saturated heterocycles. The lowest BCUT2D eigenvalue weighted by atomic mass is 9.80. The number of hydrogen-bond acceptors (Lipinski definition) is 1. The van der Waals surface area contributed by atoms with E-state index in [-0.39, 0.29) is 5.54 Å². The maximum absolute atomic E-state index is 3.59. The SMILES string of the molecule is CC(CNC(C)(C)C)Cc1ccc(C2CCC2)cc1. The molecule has 2 rings (SSSR count). The first-order chi connectivity index (χ1) is 8.94. The molecule has 19 heavy (non-hydrogen) atoms. The lowest BCUT2D eigenvalue weighted by Gasteiger charge is -2.26. The summed E-state index contributed by atoms with van der Waals surface area (Å²) in [4.78, 5) is 0. The fourth-order valence-electron chi connectivity index (χ4n) is 2.62. The lowest BCUT2D eigenvalue weighted by Crippen LogP contribution is -2.39. The van der Waals surface area contributed by atoms with Crippen LogP contribution in [0, 0.1) is 5.92 Å². The molecule has 1 aromatic rings. The molecule has 0 spiro atoms. The normalized spacial score (nSPS) is 18.1. The Bertz CT molecular complexity index is 381. The Kier molecular flexibility index (Phi) is 4.67. The minimum absolute atomic E-state index is 0.225. The van der Waals surface area contributed by atoms with Gasteiger partial charge in [0.25, 0.3) is 0 Å². The Balaban J connectivity index is 1.81. The van der Waals surface area contributed by atoms with E-state index in [4.69, 9.17) is 0 Å². The third kappa shape index (κ3) is 4.65. The van der Waals surface area contributed by atoms with Gasteiger partial charge < -0.3 is 5.32 Å². The van der Waals surface area contributed by atoms with Gasteiger partial charge >= 0.3 is 0 Å². The molecule has 0 aliphatic heterocycles. The van der Waals surface area contributed by atoms with Crippen LogP contribution in [-0.2, 0) is 6.42 Å². The van der Waals surface area contributed by atoms with E-state index in [1.165, 1.54) is 31.2 Å². The van der Waals surface area contributed by atoms with Crippen LogP contribution in [0.3, 0.4) is 0 Å². The van der Waals surface area contributed by atoms with E-state index < -0.39 is 0 Å². The quantitative estimate of drug-likeness (QED) is 0.819. The largest absolute Gasteiger partial charge is 0.312 e. The molecule has 1 aromatic carbocycles. The average Bonchev–Trinajstić information content (AvgIpc) is 2.26. The van der Waals surface area contributed by atoms with E-state index in [1.807, 2.05) is 0 Å². The van der Waals surface area contributed by atoms with Gasteiger partial charge in [0, 0.05) is 5.54 Å². The summed E-state index contributed by atoms with van der Waals surface area (Å²) in [6, 6.07) is 9.37. The zero-order valence-electron chi connectivity index (χ0n) is 13.0. The molecule has 106 valence electrons. The fourth-order valence-corrected chi connectivity index (χ4v) is 2.62. The molecular weight excluding hydrogens is 230 g/mol. The number of rotatable bonds is 5. The Morgan fingerprint density at radius 2 is 1.79 bits per heavy atom. The second kappa shape index (κ2) is 6.09. The van der Waals surface area contributed by atoms with Crippen molar-refractivity contribution in [2.45, 2.75) is 64.8 Å². The third-order valence-electron chi connectivity index (χ3n) is 4.12. The Morgan fingerprint density at radius 3 is 2.26 bits per heavy atom. The molecule has 0 heterocycles. The molecule has 1 atom stereocenters. The van der Waals surface area contributed by atoms with Crippen molar-refractivity contribution >= 4 is 0 Å². The summed E-state index contributed by atoms with van der Waals surface area (Å²) in [5.41, 5.74) is 3.25. The van der Waals surface area contributed by atoms with Gasteiger partial charge in [0.1, 0.15) is 0 Å². The molecule has 0 amide bonds. The highest BCUT2D eigenvalue weighted by atomic mass is 14.9. The molecule has 1 heteroatoms. The summed E-state index contributed by atoms with van der Waals surface area (Å²) >= 11 is 0. The topological polar surface area (TPSA) is 12.0 Å². The smallest absolute Gasteiger partial charge is 0.00966 e. The molecule has 1 nitrogen and oxygen atoms in total. The molecule has 1 N–H and O–H groups in total. The first-order valence-electron chi connectivity index (χ1n) is 7.78. The Morgan fingerprint density at radius 1 is 1.16 bits per heavy atom. The summed E-state index contributed by atoms with van der Waals surface area (Å²) < 4.78 is 0. The van der Waals surface area contributed by atoms with Gasteiger partial charge in [-0.3, -0.25) is 0 Å². The third-order valence-corrected chi connectivity index (χ3v) is 4.12. The Hall–Kier alpha value is -0.820. The maximum atomic E-state index is 3.59. The molecule has 1 aliphatic carbocycles. The van der Waals surface area contributed by atoms with Gasteiger partial charge in [0.05, 0.1) is 0 Å². The van der Waals surface area contributed by atoms with Gasteiger partial charge in [0.2, 0.25) is 0 Å². The molecule has 0 radical (unpaired) electrons. The predicted molar refractivity (Wildman–Crippen MR) is 83.7 cm³/mol. The highest BCUT2D eigenvalue weighted by Gasteiger charge is 2.19. The van der Waals surface area contributed by atoms with Crippen LogP contribution >= 0.6 is 0 Å². The van der Waals surface area contributed by atoms with Crippen molar-refractivity contribution in [2.75, 3.05) is 6.54 Å². The van der Waals surface area contributed by atoms with Crippen LogP contribution in [0.2, 0.25) is 0 Å². The Labute approximate surface area is 118 Å². The van der Waals surface area contributed by atoms with Gasteiger partial charge in [-0.2, -0.15) is 0 Å². The van der Waals surface area contributed by atoms with Crippen LogP contribution in [0.25, 0.3) is 0 Å². The van der Waals surface area contributed by atoms with Crippen molar-refractivity contribution < 1.29 is 0 Å². The molecule has 0 bridgehead atoms. The monoisotopic (exact) mass is 259 g/mol. The summed E-state index contributed by atoms with van der Waals surface area (Å²) in [5, 5.41) is 3.59. The van der Waals surface area contributed by atoms with E-state index in [9.17, 15) is 0 Å². The van der Waals surface area contributed by atoms with Gasteiger partial charge in [-0.05, 0) is 69.5 Å². The molecule has 1 fully saturated rings. The van der Waals surface area contributed by atoms with E-state index in [0.717, 1.165) is 12.5 Å². The maximum Gasteiger partial charge on any atom is 0.00966 e. The van der Waals surface area contributed by atoms with Crippen LogP contribution in [0.5, 0.6) is 0 Å².